The number of halogens is 2. The van der Waals surface area contributed by atoms with Crippen LogP contribution >= 0.6 is 23.2 Å². The van der Waals surface area contributed by atoms with Crippen molar-refractivity contribution < 1.29 is 9.53 Å². The molecule has 0 aliphatic carbocycles. The van der Waals surface area contributed by atoms with Crippen LogP contribution in [0.5, 0.6) is 0 Å². The third-order valence-electron chi connectivity index (χ3n) is 7.15. The van der Waals surface area contributed by atoms with Crippen LogP contribution in [0.2, 0.25) is 10.0 Å². The number of nitrogens with zero attached hydrogens (tertiary/aromatic N) is 2. The molecule has 34 heavy (non-hydrogen) atoms. The number of carbonyl (C=O) groups excluding carboxylic acids is 1. The monoisotopic (exact) mass is 503 g/mol. The number of benzene rings is 2. The van der Waals surface area contributed by atoms with Crippen LogP contribution in [0.1, 0.15) is 42.9 Å². The normalized spacial score (nSPS) is 20.1. The molecule has 2 heterocycles. The van der Waals surface area contributed by atoms with E-state index in [0.29, 0.717) is 24.9 Å². The third-order valence-corrected chi connectivity index (χ3v) is 7.65. The number of carbonyl (C=O) groups is 1. The zero-order chi connectivity index (χ0) is 23.9. The Bertz CT molecular complexity index is 871. The summed E-state index contributed by atoms with van der Waals surface area (Å²) in [6, 6.07) is 16.4. The second-order valence-corrected chi connectivity index (χ2v) is 10.3. The van der Waals surface area contributed by atoms with Crippen molar-refractivity contribution in [2.75, 3.05) is 46.4 Å². The summed E-state index contributed by atoms with van der Waals surface area (Å²) in [6.45, 7) is 5.03. The van der Waals surface area contributed by atoms with Gasteiger partial charge in [-0.25, -0.2) is 0 Å². The van der Waals surface area contributed by atoms with Gasteiger partial charge in [0.15, 0.2) is 0 Å². The predicted molar refractivity (Wildman–Crippen MR) is 139 cm³/mol. The molecule has 0 saturated carbocycles. The predicted octanol–water partition coefficient (Wildman–Crippen LogP) is 5.02. The summed E-state index contributed by atoms with van der Waals surface area (Å²) >= 11 is 12.4. The molecule has 0 unspecified atom stereocenters. The highest BCUT2D eigenvalue weighted by Crippen LogP contribution is 2.33. The lowest BCUT2D eigenvalue weighted by Gasteiger charge is -2.45. The Balaban J connectivity index is 1.55. The molecule has 0 spiro atoms. The van der Waals surface area contributed by atoms with Crippen LogP contribution in [0.3, 0.4) is 0 Å². The maximum Gasteiger partial charge on any atom is 0.223 e. The van der Waals surface area contributed by atoms with Gasteiger partial charge in [0.1, 0.15) is 0 Å². The Morgan fingerprint density at radius 1 is 1.00 bits per heavy atom. The fourth-order valence-electron chi connectivity index (χ4n) is 5.30. The Hall–Kier alpha value is -1.63. The van der Waals surface area contributed by atoms with E-state index in [9.17, 15) is 4.79 Å². The average Bonchev–Trinajstić information content (AvgIpc) is 2.86. The van der Waals surface area contributed by atoms with Crippen LogP contribution in [0.25, 0.3) is 0 Å². The molecule has 2 fully saturated rings. The van der Waals surface area contributed by atoms with Crippen molar-refractivity contribution in [3.05, 3.63) is 69.7 Å². The minimum atomic E-state index is 0.0706. The van der Waals surface area contributed by atoms with Crippen molar-refractivity contribution in [3.63, 3.8) is 0 Å². The highest BCUT2D eigenvalue weighted by molar-refractivity contribution is 6.30. The Morgan fingerprint density at radius 3 is 2.15 bits per heavy atom. The summed E-state index contributed by atoms with van der Waals surface area (Å²) in [5.74, 6) is 0.785. The van der Waals surface area contributed by atoms with E-state index in [1.165, 1.54) is 11.1 Å². The minimum absolute atomic E-state index is 0.0706. The fourth-order valence-corrected chi connectivity index (χ4v) is 5.55. The first-order valence-corrected chi connectivity index (χ1v) is 13.0. The number of piperazine rings is 1. The van der Waals surface area contributed by atoms with Crippen LogP contribution in [-0.4, -0.2) is 68.2 Å². The van der Waals surface area contributed by atoms with E-state index < -0.39 is 0 Å². The smallest absolute Gasteiger partial charge is 0.223 e. The van der Waals surface area contributed by atoms with Gasteiger partial charge in [0.25, 0.3) is 0 Å². The summed E-state index contributed by atoms with van der Waals surface area (Å²) < 4.78 is 5.42. The quantitative estimate of drug-likeness (QED) is 0.549. The molecule has 184 valence electrons. The molecule has 0 radical (unpaired) electrons. The van der Waals surface area contributed by atoms with Crippen LogP contribution < -0.4 is 5.32 Å². The number of nitrogens with one attached hydrogen (secondary N) is 1. The molecule has 0 bridgehead atoms. The zero-order valence-electron chi connectivity index (χ0n) is 19.9. The molecule has 1 N–H and O–H groups in total. The van der Waals surface area contributed by atoms with Crippen molar-refractivity contribution in [2.24, 2.45) is 5.92 Å². The van der Waals surface area contributed by atoms with Crippen molar-refractivity contribution >= 4 is 29.1 Å². The van der Waals surface area contributed by atoms with Crippen molar-refractivity contribution in [2.45, 2.75) is 37.8 Å². The molecular weight excluding hydrogens is 469 g/mol. The molecule has 7 heteroatoms. The fraction of sp³-hybridized carbons (Fsp3) is 0.519. The molecular formula is C27H35Cl2N3O2. The Kier molecular flexibility index (Phi) is 9.26. The molecule has 2 aliphatic heterocycles. The molecule has 2 aliphatic rings. The maximum absolute atomic E-state index is 13.3. The minimum Gasteiger partial charge on any atom is -0.385 e. The molecule has 5 nitrogen and oxygen atoms in total. The van der Waals surface area contributed by atoms with Gasteiger partial charge in [-0.15, -0.1) is 0 Å². The number of piperidine rings is 1. The van der Waals surface area contributed by atoms with E-state index in [-0.39, 0.29) is 12.1 Å². The molecule has 2 saturated heterocycles. The Labute approximate surface area is 213 Å². The van der Waals surface area contributed by atoms with Gasteiger partial charge in [-0.3, -0.25) is 9.69 Å². The van der Waals surface area contributed by atoms with Gasteiger partial charge < -0.3 is 15.0 Å². The Morgan fingerprint density at radius 2 is 1.59 bits per heavy atom. The second-order valence-electron chi connectivity index (χ2n) is 9.42. The van der Waals surface area contributed by atoms with Gasteiger partial charge >= 0.3 is 0 Å². The van der Waals surface area contributed by atoms with Gasteiger partial charge in [-0.05, 0) is 73.7 Å². The maximum atomic E-state index is 13.3. The molecule has 2 aromatic rings. The third kappa shape index (κ3) is 6.52. The summed E-state index contributed by atoms with van der Waals surface area (Å²) in [5, 5.41) is 4.85. The first-order chi connectivity index (χ1) is 16.5. The topological polar surface area (TPSA) is 44.8 Å². The van der Waals surface area contributed by atoms with Gasteiger partial charge in [-0.2, -0.15) is 0 Å². The molecule has 2 aromatic carbocycles. The number of hydrogen-bond donors (Lipinski definition) is 1. The summed E-state index contributed by atoms with van der Waals surface area (Å²) in [4.78, 5) is 18.0. The van der Waals surface area contributed by atoms with Gasteiger partial charge in [0.2, 0.25) is 5.91 Å². The van der Waals surface area contributed by atoms with E-state index >= 15 is 0 Å². The standard InChI is InChI=1S/C27H35Cl2N3O2/c1-34-17-12-25-19-31(15-16-32(25)26(33)18-20-10-13-30-14-11-20)27(21-2-6-23(28)7-3-21)22-4-8-24(29)9-5-22/h2-9,20,25,27,30H,10-19H2,1H3/t25-/m0/s1. The highest BCUT2D eigenvalue weighted by Gasteiger charge is 2.35. The van der Waals surface area contributed by atoms with Crippen molar-refractivity contribution in [1.29, 1.82) is 0 Å². The van der Waals surface area contributed by atoms with Crippen LogP contribution in [-0.2, 0) is 9.53 Å². The largest absolute Gasteiger partial charge is 0.385 e. The van der Waals surface area contributed by atoms with E-state index in [1.807, 2.05) is 24.3 Å². The van der Waals surface area contributed by atoms with Crippen molar-refractivity contribution in [3.8, 4) is 0 Å². The SMILES string of the molecule is COCC[C@H]1CN(C(c2ccc(Cl)cc2)c2ccc(Cl)cc2)CCN1C(=O)CC1CCNCC1. The number of methoxy groups -OCH3 is 1. The number of ether oxygens (including phenoxy) is 1. The van der Waals surface area contributed by atoms with E-state index in [2.05, 4.69) is 39.4 Å². The lowest BCUT2D eigenvalue weighted by Crippen LogP contribution is -2.56. The average molecular weight is 505 g/mol. The van der Waals surface area contributed by atoms with Crippen LogP contribution in [0, 0.1) is 5.92 Å². The summed E-state index contributed by atoms with van der Waals surface area (Å²) in [7, 11) is 1.73. The first-order valence-electron chi connectivity index (χ1n) is 12.3. The number of rotatable bonds is 8. The van der Waals surface area contributed by atoms with Crippen LogP contribution in [0.15, 0.2) is 48.5 Å². The lowest BCUT2D eigenvalue weighted by atomic mass is 9.92. The molecule has 0 aromatic heterocycles. The lowest BCUT2D eigenvalue weighted by molar-refractivity contribution is -0.138. The second kappa shape index (κ2) is 12.4. The molecule has 4 rings (SSSR count). The molecule has 1 atom stereocenters. The molecule has 1 amide bonds. The van der Waals surface area contributed by atoms with Gasteiger partial charge in [0.05, 0.1) is 6.04 Å². The van der Waals surface area contributed by atoms with Gasteiger partial charge in [-0.1, -0.05) is 47.5 Å². The number of amides is 1. The first kappa shape index (κ1) is 25.5. The van der Waals surface area contributed by atoms with E-state index in [0.717, 1.165) is 62.0 Å². The van der Waals surface area contributed by atoms with Crippen LogP contribution in [0.4, 0.5) is 0 Å². The number of hydrogen-bond acceptors (Lipinski definition) is 4. The van der Waals surface area contributed by atoms with Crippen molar-refractivity contribution in [1.82, 2.24) is 15.1 Å². The zero-order valence-corrected chi connectivity index (χ0v) is 21.4. The van der Waals surface area contributed by atoms with E-state index in [1.54, 1.807) is 7.11 Å². The van der Waals surface area contributed by atoms with E-state index in [4.69, 9.17) is 27.9 Å². The van der Waals surface area contributed by atoms with Gasteiger partial charge in [0, 0.05) is 55.9 Å². The highest BCUT2D eigenvalue weighted by atomic mass is 35.5. The summed E-state index contributed by atoms with van der Waals surface area (Å²) in [5.41, 5.74) is 2.37. The summed E-state index contributed by atoms with van der Waals surface area (Å²) in [6.07, 6.45) is 3.66.